The van der Waals surface area contributed by atoms with E-state index in [1.165, 1.54) is 0 Å². The van der Waals surface area contributed by atoms with Crippen molar-refractivity contribution < 1.29 is 14.3 Å². The van der Waals surface area contributed by atoms with Gasteiger partial charge < -0.3 is 19.7 Å². The van der Waals surface area contributed by atoms with Crippen LogP contribution in [0.3, 0.4) is 0 Å². The minimum absolute atomic E-state index is 0.0320. The molecule has 0 aromatic heterocycles. The first-order chi connectivity index (χ1) is 8.88. The molecule has 1 saturated heterocycles. The predicted octanol–water partition coefficient (Wildman–Crippen LogP) is 0.257. The molecular formula is C13H16N2O3. The van der Waals surface area contributed by atoms with E-state index in [4.69, 9.17) is 9.47 Å². The van der Waals surface area contributed by atoms with Gasteiger partial charge in [-0.3, -0.25) is 4.79 Å². The van der Waals surface area contributed by atoms with Crippen LogP contribution in [0.2, 0.25) is 0 Å². The maximum Gasteiger partial charge on any atom is 0.210 e. The van der Waals surface area contributed by atoms with E-state index in [1.54, 1.807) is 4.90 Å². The molecule has 2 unspecified atom stereocenters. The van der Waals surface area contributed by atoms with Gasteiger partial charge in [0, 0.05) is 19.6 Å². The normalized spacial score (nSPS) is 26.8. The Morgan fingerprint density at radius 3 is 3.00 bits per heavy atom. The molecule has 2 heterocycles. The summed E-state index contributed by atoms with van der Waals surface area (Å²) in [6.45, 7) is 2.78. The Balaban J connectivity index is 1.76. The van der Waals surface area contributed by atoms with Crippen LogP contribution < -0.4 is 14.8 Å². The average Bonchev–Trinajstić information content (AvgIpc) is 2.46. The highest BCUT2D eigenvalue weighted by Crippen LogP contribution is 2.32. The summed E-state index contributed by atoms with van der Waals surface area (Å²) in [5.41, 5.74) is 0. The maximum atomic E-state index is 11.1. The second-order valence-electron chi connectivity index (χ2n) is 4.53. The largest absolute Gasteiger partial charge is 0.486 e. The molecule has 2 aliphatic heterocycles. The number of nitrogens with zero attached hydrogens (tertiary/aromatic N) is 1. The lowest BCUT2D eigenvalue weighted by Gasteiger charge is -2.39. The zero-order valence-electron chi connectivity index (χ0n) is 10.0. The number of amides is 1. The summed E-state index contributed by atoms with van der Waals surface area (Å²) in [7, 11) is 0. The number of hydrogen-bond acceptors (Lipinski definition) is 4. The average molecular weight is 248 g/mol. The smallest absolute Gasteiger partial charge is 0.210 e. The van der Waals surface area contributed by atoms with E-state index in [0.29, 0.717) is 6.61 Å². The van der Waals surface area contributed by atoms with E-state index in [1.807, 2.05) is 24.3 Å². The second-order valence-corrected chi connectivity index (χ2v) is 4.53. The summed E-state index contributed by atoms with van der Waals surface area (Å²) in [6, 6.07) is 7.65. The number of nitrogens with one attached hydrogen (secondary N) is 1. The van der Waals surface area contributed by atoms with Gasteiger partial charge in [-0.2, -0.15) is 0 Å². The molecule has 0 spiro atoms. The van der Waals surface area contributed by atoms with Crippen molar-refractivity contribution in [2.75, 3.05) is 26.2 Å². The van der Waals surface area contributed by atoms with Crippen molar-refractivity contribution in [1.29, 1.82) is 0 Å². The number of carbonyl (C=O) groups is 1. The predicted molar refractivity (Wildman–Crippen MR) is 65.8 cm³/mol. The standard InChI is InChI=1S/C13H16N2O3/c16-9-15-6-5-14-7-10(15)13-8-17-11-3-1-2-4-12(11)18-13/h1-4,9-10,13-14H,5-8H2. The number of piperazine rings is 1. The van der Waals surface area contributed by atoms with Gasteiger partial charge in [0.25, 0.3) is 0 Å². The molecule has 2 aliphatic rings. The van der Waals surface area contributed by atoms with Crippen molar-refractivity contribution in [3.8, 4) is 11.5 Å². The number of fused-ring (bicyclic) bond motifs is 1. The summed E-state index contributed by atoms with van der Waals surface area (Å²) in [4.78, 5) is 12.9. The quantitative estimate of drug-likeness (QED) is 0.763. The van der Waals surface area contributed by atoms with E-state index in [-0.39, 0.29) is 12.1 Å². The highest BCUT2D eigenvalue weighted by Gasteiger charge is 2.34. The lowest BCUT2D eigenvalue weighted by atomic mass is 10.1. The molecule has 0 radical (unpaired) electrons. The first-order valence-corrected chi connectivity index (χ1v) is 6.19. The fraction of sp³-hybridized carbons (Fsp3) is 0.462. The third-order valence-corrected chi connectivity index (χ3v) is 3.42. The summed E-state index contributed by atoms with van der Waals surface area (Å²) in [5.74, 6) is 1.53. The Morgan fingerprint density at radius 1 is 1.33 bits per heavy atom. The number of hydrogen-bond donors (Lipinski definition) is 1. The Morgan fingerprint density at radius 2 is 2.17 bits per heavy atom. The summed E-state index contributed by atoms with van der Waals surface area (Å²) >= 11 is 0. The zero-order valence-corrected chi connectivity index (χ0v) is 10.0. The maximum absolute atomic E-state index is 11.1. The molecule has 1 fully saturated rings. The van der Waals surface area contributed by atoms with Gasteiger partial charge in [0.05, 0.1) is 6.04 Å². The van der Waals surface area contributed by atoms with Gasteiger partial charge in [0.2, 0.25) is 6.41 Å². The van der Waals surface area contributed by atoms with Gasteiger partial charge in [0.1, 0.15) is 6.61 Å². The van der Waals surface area contributed by atoms with Crippen molar-refractivity contribution >= 4 is 6.41 Å². The molecule has 18 heavy (non-hydrogen) atoms. The van der Waals surface area contributed by atoms with Gasteiger partial charge in [-0.1, -0.05) is 12.1 Å². The number of ether oxygens (including phenoxy) is 2. The first kappa shape index (κ1) is 11.3. The Hall–Kier alpha value is -1.75. The van der Waals surface area contributed by atoms with Crippen LogP contribution in [0, 0.1) is 0 Å². The summed E-state index contributed by atoms with van der Waals surface area (Å²) < 4.78 is 11.6. The van der Waals surface area contributed by atoms with Gasteiger partial charge in [-0.25, -0.2) is 0 Å². The SMILES string of the molecule is O=CN1CCNCC1C1COc2ccccc2O1. The van der Waals surface area contributed by atoms with Crippen molar-refractivity contribution in [2.24, 2.45) is 0 Å². The molecule has 0 aliphatic carbocycles. The zero-order chi connectivity index (χ0) is 12.4. The highest BCUT2D eigenvalue weighted by molar-refractivity contribution is 5.48. The van der Waals surface area contributed by atoms with Crippen LogP contribution in [-0.4, -0.2) is 49.7 Å². The Kier molecular flexibility index (Phi) is 3.06. The molecule has 1 N–H and O–H groups in total. The molecule has 96 valence electrons. The third-order valence-electron chi connectivity index (χ3n) is 3.42. The van der Waals surface area contributed by atoms with Crippen molar-refractivity contribution in [1.82, 2.24) is 10.2 Å². The van der Waals surface area contributed by atoms with E-state index in [9.17, 15) is 4.79 Å². The Labute approximate surface area is 106 Å². The molecule has 5 heteroatoms. The molecule has 1 aromatic rings. The van der Waals surface area contributed by atoms with Crippen LogP contribution in [0.1, 0.15) is 0 Å². The molecule has 0 saturated carbocycles. The van der Waals surface area contributed by atoms with E-state index >= 15 is 0 Å². The van der Waals surface area contributed by atoms with E-state index in [0.717, 1.165) is 37.5 Å². The molecule has 0 bridgehead atoms. The molecular weight excluding hydrogens is 232 g/mol. The van der Waals surface area contributed by atoms with Crippen LogP contribution in [0.4, 0.5) is 0 Å². The number of carbonyl (C=O) groups excluding carboxylic acids is 1. The highest BCUT2D eigenvalue weighted by atomic mass is 16.6. The number of rotatable bonds is 2. The van der Waals surface area contributed by atoms with Gasteiger partial charge in [0.15, 0.2) is 17.6 Å². The lowest BCUT2D eigenvalue weighted by molar-refractivity contribution is -0.124. The van der Waals surface area contributed by atoms with Gasteiger partial charge in [-0.15, -0.1) is 0 Å². The van der Waals surface area contributed by atoms with Crippen LogP contribution in [0.25, 0.3) is 0 Å². The van der Waals surface area contributed by atoms with Gasteiger partial charge in [-0.05, 0) is 12.1 Å². The second kappa shape index (κ2) is 4.86. The van der Waals surface area contributed by atoms with Crippen LogP contribution >= 0.6 is 0 Å². The molecule has 1 amide bonds. The van der Waals surface area contributed by atoms with Crippen molar-refractivity contribution in [3.05, 3.63) is 24.3 Å². The van der Waals surface area contributed by atoms with E-state index in [2.05, 4.69) is 5.32 Å². The fourth-order valence-electron chi connectivity index (χ4n) is 2.44. The van der Waals surface area contributed by atoms with Crippen molar-refractivity contribution in [2.45, 2.75) is 12.1 Å². The summed E-state index contributed by atoms with van der Waals surface area (Å²) in [5, 5.41) is 3.28. The number of benzene rings is 1. The third kappa shape index (κ3) is 2.01. The molecule has 5 nitrogen and oxygen atoms in total. The first-order valence-electron chi connectivity index (χ1n) is 6.19. The van der Waals surface area contributed by atoms with Crippen LogP contribution in [0.15, 0.2) is 24.3 Å². The summed E-state index contributed by atoms with van der Waals surface area (Å²) in [6.07, 6.45) is 0.785. The minimum atomic E-state index is -0.113. The van der Waals surface area contributed by atoms with Crippen LogP contribution in [-0.2, 0) is 4.79 Å². The van der Waals surface area contributed by atoms with Gasteiger partial charge >= 0.3 is 0 Å². The minimum Gasteiger partial charge on any atom is -0.486 e. The molecule has 1 aromatic carbocycles. The molecule has 3 rings (SSSR count). The Bertz CT molecular complexity index is 438. The lowest BCUT2D eigenvalue weighted by Crippen LogP contribution is -2.59. The fourth-order valence-corrected chi connectivity index (χ4v) is 2.44. The monoisotopic (exact) mass is 248 g/mol. The number of para-hydroxylation sites is 2. The van der Waals surface area contributed by atoms with E-state index < -0.39 is 0 Å². The molecule has 2 atom stereocenters. The van der Waals surface area contributed by atoms with Crippen molar-refractivity contribution in [3.63, 3.8) is 0 Å². The van der Waals surface area contributed by atoms with Crippen LogP contribution in [0.5, 0.6) is 11.5 Å². The topological polar surface area (TPSA) is 50.8 Å².